The van der Waals surface area contributed by atoms with Crippen LogP contribution in [0.1, 0.15) is 11.1 Å². The van der Waals surface area contributed by atoms with E-state index in [4.69, 9.17) is 4.74 Å². The Bertz CT molecular complexity index is 584. The minimum Gasteiger partial charge on any atom is -0.497 e. The number of nitrogens with zero attached hydrogens (tertiary/aromatic N) is 1. The molecule has 0 aliphatic carbocycles. The first-order chi connectivity index (χ1) is 10.1. The van der Waals surface area contributed by atoms with E-state index in [0.29, 0.717) is 0 Å². The molecule has 0 unspecified atom stereocenters. The number of hydrogen-bond acceptors (Lipinski definition) is 3. The van der Waals surface area contributed by atoms with Crippen LogP contribution in [-0.4, -0.2) is 21.2 Å². The standard InChI is InChI=1S/C17H21BrN2O/c1-19-11-14-10-15(18)6-9-17(14)20(2)12-13-4-7-16(21-3)8-5-13/h4-10,19H,11-12H2,1-3H3. The average Bonchev–Trinajstić information content (AvgIpc) is 2.48. The summed E-state index contributed by atoms with van der Waals surface area (Å²) in [5, 5.41) is 3.22. The molecule has 112 valence electrons. The van der Waals surface area contributed by atoms with E-state index in [1.54, 1.807) is 7.11 Å². The van der Waals surface area contributed by atoms with Crippen molar-refractivity contribution in [1.29, 1.82) is 0 Å². The van der Waals surface area contributed by atoms with Crippen LogP contribution in [0.25, 0.3) is 0 Å². The fourth-order valence-corrected chi connectivity index (χ4v) is 2.76. The zero-order chi connectivity index (χ0) is 15.2. The van der Waals surface area contributed by atoms with Crippen molar-refractivity contribution in [3.05, 3.63) is 58.1 Å². The topological polar surface area (TPSA) is 24.5 Å². The van der Waals surface area contributed by atoms with Crippen LogP contribution in [0.4, 0.5) is 5.69 Å². The molecule has 4 heteroatoms. The van der Waals surface area contributed by atoms with Gasteiger partial charge in [0.2, 0.25) is 0 Å². The van der Waals surface area contributed by atoms with Crippen LogP contribution in [0, 0.1) is 0 Å². The van der Waals surface area contributed by atoms with Gasteiger partial charge < -0.3 is 15.0 Å². The monoisotopic (exact) mass is 348 g/mol. The van der Waals surface area contributed by atoms with Gasteiger partial charge in [0, 0.05) is 30.3 Å². The van der Waals surface area contributed by atoms with Crippen molar-refractivity contribution in [2.45, 2.75) is 13.1 Å². The van der Waals surface area contributed by atoms with Gasteiger partial charge in [-0.15, -0.1) is 0 Å². The molecule has 0 saturated heterocycles. The quantitative estimate of drug-likeness (QED) is 0.858. The third-order valence-electron chi connectivity index (χ3n) is 3.40. The molecule has 0 bridgehead atoms. The first kappa shape index (κ1) is 15.9. The minimum atomic E-state index is 0.849. The molecule has 0 aliphatic rings. The third-order valence-corrected chi connectivity index (χ3v) is 3.89. The van der Waals surface area contributed by atoms with Crippen molar-refractivity contribution in [3.63, 3.8) is 0 Å². The summed E-state index contributed by atoms with van der Waals surface area (Å²) in [5.74, 6) is 0.890. The highest BCUT2D eigenvalue weighted by molar-refractivity contribution is 9.10. The number of ether oxygens (including phenoxy) is 1. The van der Waals surface area contributed by atoms with Crippen LogP contribution in [0.15, 0.2) is 46.9 Å². The van der Waals surface area contributed by atoms with E-state index in [2.05, 4.69) is 63.5 Å². The van der Waals surface area contributed by atoms with Gasteiger partial charge in [0.05, 0.1) is 7.11 Å². The van der Waals surface area contributed by atoms with Gasteiger partial charge in [-0.1, -0.05) is 28.1 Å². The van der Waals surface area contributed by atoms with Crippen LogP contribution in [0.5, 0.6) is 5.75 Å². The van der Waals surface area contributed by atoms with Crippen molar-refractivity contribution in [1.82, 2.24) is 5.32 Å². The fraction of sp³-hybridized carbons (Fsp3) is 0.294. The Hall–Kier alpha value is -1.52. The zero-order valence-electron chi connectivity index (χ0n) is 12.7. The van der Waals surface area contributed by atoms with Gasteiger partial charge >= 0.3 is 0 Å². The lowest BCUT2D eigenvalue weighted by atomic mass is 10.1. The van der Waals surface area contributed by atoms with Crippen LogP contribution in [-0.2, 0) is 13.1 Å². The molecule has 2 aromatic carbocycles. The Labute approximate surface area is 135 Å². The summed E-state index contributed by atoms with van der Waals surface area (Å²) in [6.45, 7) is 1.71. The summed E-state index contributed by atoms with van der Waals surface area (Å²) in [6.07, 6.45) is 0. The molecular weight excluding hydrogens is 328 g/mol. The highest BCUT2D eigenvalue weighted by atomic mass is 79.9. The second kappa shape index (κ2) is 7.48. The Balaban J connectivity index is 2.16. The van der Waals surface area contributed by atoms with E-state index >= 15 is 0 Å². The summed E-state index contributed by atoms with van der Waals surface area (Å²) >= 11 is 3.54. The maximum Gasteiger partial charge on any atom is 0.118 e. The highest BCUT2D eigenvalue weighted by Crippen LogP contribution is 2.25. The van der Waals surface area contributed by atoms with Gasteiger partial charge in [0.15, 0.2) is 0 Å². The lowest BCUT2D eigenvalue weighted by molar-refractivity contribution is 0.414. The Morgan fingerprint density at radius 2 is 1.86 bits per heavy atom. The lowest BCUT2D eigenvalue weighted by Gasteiger charge is -2.23. The van der Waals surface area contributed by atoms with E-state index in [1.807, 2.05) is 19.2 Å². The molecule has 0 spiro atoms. The van der Waals surface area contributed by atoms with Crippen LogP contribution in [0.2, 0.25) is 0 Å². The van der Waals surface area contributed by atoms with Crippen molar-refractivity contribution >= 4 is 21.6 Å². The van der Waals surface area contributed by atoms with E-state index in [9.17, 15) is 0 Å². The number of nitrogens with one attached hydrogen (secondary N) is 1. The first-order valence-electron chi connectivity index (χ1n) is 6.91. The fourth-order valence-electron chi connectivity index (χ4n) is 2.35. The van der Waals surface area contributed by atoms with Gasteiger partial charge in [-0.05, 0) is 48.5 Å². The second-order valence-electron chi connectivity index (χ2n) is 5.01. The smallest absolute Gasteiger partial charge is 0.118 e. The summed E-state index contributed by atoms with van der Waals surface area (Å²) < 4.78 is 6.30. The molecule has 0 atom stereocenters. The minimum absolute atomic E-state index is 0.849. The predicted molar refractivity (Wildman–Crippen MR) is 92.0 cm³/mol. The van der Waals surface area contributed by atoms with Crippen molar-refractivity contribution < 1.29 is 4.74 Å². The molecule has 0 radical (unpaired) electrons. The van der Waals surface area contributed by atoms with Crippen molar-refractivity contribution in [3.8, 4) is 5.75 Å². The summed E-state index contributed by atoms with van der Waals surface area (Å²) in [6, 6.07) is 14.6. The van der Waals surface area contributed by atoms with Gasteiger partial charge in [-0.3, -0.25) is 0 Å². The van der Waals surface area contributed by atoms with E-state index < -0.39 is 0 Å². The summed E-state index contributed by atoms with van der Waals surface area (Å²) in [4.78, 5) is 2.26. The third kappa shape index (κ3) is 4.22. The van der Waals surface area contributed by atoms with Gasteiger partial charge in [0.1, 0.15) is 5.75 Å². The van der Waals surface area contributed by atoms with Crippen molar-refractivity contribution in [2.24, 2.45) is 0 Å². The molecule has 0 amide bonds. The van der Waals surface area contributed by atoms with Crippen molar-refractivity contribution in [2.75, 3.05) is 26.1 Å². The number of rotatable bonds is 6. The molecule has 2 aromatic rings. The summed E-state index contributed by atoms with van der Waals surface area (Å²) in [5.41, 5.74) is 3.78. The molecule has 0 aromatic heterocycles. The van der Waals surface area contributed by atoms with E-state index in [-0.39, 0.29) is 0 Å². The molecule has 0 heterocycles. The maximum atomic E-state index is 5.20. The SMILES string of the molecule is CNCc1cc(Br)ccc1N(C)Cc1ccc(OC)cc1. The number of halogens is 1. The van der Waals surface area contributed by atoms with Crippen LogP contribution < -0.4 is 15.0 Å². The lowest BCUT2D eigenvalue weighted by Crippen LogP contribution is -2.19. The molecule has 3 nitrogen and oxygen atoms in total. The van der Waals surface area contributed by atoms with Gasteiger partial charge in [0.25, 0.3) is 0 Å². The van der Waals surface area contributed by atoms with Crippen LogP contribution >= 0.6 is 15.9 Å². The van der Waals surface area contributed by atoms with Gasteiger partial charge in [-0.25, -0.2) is 0 Å². The van der Waals surface area contributed by atoms with Gasteiger partial charge in [-0.2, -0.15) is 0 Å². The average molecular weight is 349 g/mol. The number of benzene rings is 2. The van der Waals surface area contributed by atoms with E-state index in [0.717, 1.165) is 23.3 Å². The van der Waals surface area contributed by atoms with Crippen LogP contribution in [0.3, 0.4) is 0 Å². The largest absolute Gasteiger partial charge is 0.497 e. The number of anilines is 1. The summed E-state index contributed by atoms with van der Waals surface area (Å²) in [7, 11) is 5.77. The molecular formula is C17H21BrN2O. The molecule has 0 fully saturated rings. The Morgan fingerprint density at radius 1 is 1.14 bits per heavy atom. The normalized spacial score (nSPS) is 10.5. The predicted octanol–water partition coefficient (Wildman–Crippen LogP) is 3.81. The Morgan fingerprint density at radius 3 is 2.48 bits per heavy atom. The number of hydrogen-bond donors (Lipinski definition) is 1. The maximum absolute atomic E-state index is 5.20. The molecule has 0 aliphatic heterocycles. The highest BCUT2D eigenvalue weighted by Gasteiger charge is 2.08. The molecule has 1 N–H and O–H groups in total. The molecule has 21 heavy (non-hydrogen) atoms. The molecule has 0 saturated carbocycles. The second-order valence-corrected chi connectivity index (χ2v) is 5.92. The molecule has 2 rings (SSSR count). The Kier molecular flexibility index (Phi) is 5.65. The first-order valence-corrected chi connectivity index (χ1v) is 7.70. The zero-order valence-corrected chi connectivity index (χ0v) is 14.3. The van der Waals surface area contributed by atoms with E-state index in [1.165, 1.54) is 16.8 Å². The number of methoxy groups -OCH3 is 1.